The fraction of sp³-hybridized carbons (Fsp3) is 0.250. The van der Waals surface area contributed by atoms with Gasteiger partial charge in [-0.05, 0) is 35.4 Å². The van der Waals surface area contributed by atoms with Crippen LogP contribution in [0, 0.1) is 0 Å². The number of alkyl halides is 3. The van der Waals surface area contributed by atoms with Crippen LogP contribution in [0.15, 0.2) is 36.4 Å². The minimum absolute atomic E-state index is 0. The highest BCUT2D eigenvalue weighted by Crippen LogP contribution is 2.43. The van der Waals surface area contributed by atoms with Gasteiger partial charge in [0.05, 0.1) is 13.2 Å². The lowest BCUT2D eigenvalue weighted by Crippen LogP contribution is -2.17. The summed E-state index contributed by atoms with van der Waals surface area (Å²) in [6, 6.07) is 8.23. The van der Waals surface area contributed by atoms with Crippen molar-refractivity contribution in [3.63, 3.8) is 0 Å². The molecule has 3 rings (SSSR count). The second-order valence-corrected chi connectivity index (χ2v) is 5.05. The maximum atomic E-state index is 12.2. The summed E-state index contributed by atoms with van der Waals surface area (Å²) in [5.41, 5.74) is 7.49. The highest BCUT2D eigenvalue weighted by molar-refractivity contribution is 5.85. The maximum Gasteiger partial charge on any atom is 0.573 e. The van der Waals surface area contributed by atoms with Crippen LogP contribution in [-0.2, 0) is 0 Å². The zero-order valence-electron chi connectivity index (χ0n) is 13.0. The number of methoxy groups -OCH3 is 1. The number of rotatable bonds is 4. The molecule has 9 heteroatoms. The Kier molecular flexibility index (Phi) is 5.54. The van der Waals surface area contributed by atoms with Gasteiger partial charge in [0.1, 0.15) is 5.75 Å². The first-order chi connectivity index (χ1) is 11.4. The number of fused-ring (bicyclic) bond motifs is 1. The summed E-state index contributed by atoms with van der Waals surface area (Å²) in [6.07, 6.45) is -4.73. The molecule has 25 heavy (non-hydrogen) atoms. The lowest BCUT2D eigenvalue weighted by molar-refractivity contribution is -0.274. The molecular weight excluding hydrogens is 363 g/mol. The minimum Gasteiger partial charge on any atom is -0.493 e. The molecule has 1 heterocycles. The van der Waals surface area contributed by atoms with Crippen LogP contribution in [0.4, 0.5) is 13.2 Å². The third-order valence-electron chi connectivity index (χ3n) is 3.51. The second kappa shape index (κ2) is 7.28. The van der Waals surface area contributed by atoms with Crippen molar-refractivity contribution >= 4 is 12.4 Å². The van der Waals surface area contributed by atoms with E-state index in [-0.39, 0.29) is 24.9 Å². The highest BCUT2D eigenvalue weighted by atomic mass is 35.5. The Labute approximate surface area is 147 Å². The van der Waals surface area contributed by atoms with Gasteiger partial charge in [-0.1, -0.05) is 12.1 Å². The number of benzene rings is 2. The van der Waals surface area contributed by atoms with E-state index in [1.807, 2.05) is 0 Å². The van der Waals surface area contributed by atoms with Crippen LogP contribution < -0.4 is 24.7 Å². The fourth-order valence-electron chi connectivity index (χ4n) is 2.40. The van der Waals surface area contributed by atoms with E-state index in [1.165, 1.54) is 31.4 Å². The van der Waals surface area contributed by atoms with Crippen LogP contribution in [0.1, 0.15) is 17.2 Å². The fourth-order valence-corrected chi connectivity index (χ4v) is 2.40. The van der Waals surface area contributed by atoms with E-state index in [4.69, 9.17) is 19.9 Å². The first kappa shape index (κ1) is 19.0. The Balaban J connectivity index is 0.00000225. The molecule has 0 amide bonds. The van der Waals surface area contributed by atoms with Gasteiger partial charge in [0.25, 0.3) is 0 Å². The standard InChI is InChI=1S/C16H14F3NO4.ClH/c1-21-12-6-10(7-13-15(12)23-8-22-13)14(20)9-2-4-11(5-3-9)24-16(17,18)19;/h2-7,14H,8,20H2,1H3;1H/t14-;/m0./s1. The predicted octanol–water partition coefficient (Wildman–Crippen LogP) is 3.79. The molecule has 1 aliphatic rings. The number of hydrogen-bond acceptors (Lipinski definition) is 5. The van der Waals surface area contributed by atoms with Crippen molar-refractivity contribution in [2.45, 2.75) is 12.4 Å². The van der Waals surface area contributed by atoms with E-state index in [1.54, 1.807) is 12.1 Å². The van der Waals surface area contributed by atoms with Crippen molar-refractivity contribution in [1.82, 2.24) is 0 Å². The molecular formula is C16H15ClF3NO4. The summed E-state index contributed by atoms with van der Waals surface area (Å²) in [6.45, 7) is 0.0911. The van der Waals surface area contributed by atoms with Gasteiger partial charge < -0.3 is 24.7 Å². The smallest absolute Gasteiger partial charge is 0.493 e. The average Bonchev–Trinajstić information content (AvgIpc) is 3.01. The van der Waals surface area contributed by atoms with Crippen molar-refractivity contribution < 1.29 is 32.1 Å². The van der Waals surface area contributed by atoms with Crippen molar-refractivity contribution in [1.29, 1.82) is 0 Å². The summed E-state index contributed by atoms with van der Waals surface area (Å²) < 4.78 is 56.3. The Morgan fingerprint density at radius 2 is 1.76 bits per heavy atom. The Bertz CT molecular complexity index is 737. The first-order valence-electron chi connectivity index (χ1n) is 6.96. The van der Waals surface area contributed by atoms with E-state index in [0.29, 0.717) is 28.4 Å². The molecule has 2 aromatic rings. The van der Waals surface area contributed by atoms with Crippen LogP contribution in [0.2, 0.25) is 0 Å². The molecule has 0 bridgehead atoms. The van der Waals surface area contributed by atoms with Crippen molar-refractivity contribution in [3.05, 3.63) is 47.5 Å². The van der Waals surface area contributed by atoms with Gasteiger partial charge in [0, 0.05) is 0 Å². The number of halogens is 4. The highest BCUT2D eigenvalue weighted by Gasteiger charge is 2.31. The van der Waals surface area contributed by atoms with Gasteiger partial charge in [-0.25, -0.2) is 0 Å². The Hall–Kier alpha value is -2.32. The zero-order valence-corrected chi connectivity index (χ0v) is 13.8. The van der Waals surface area contributed by atoms with Crippen LogP contribution in [0.5, 0.6) is 23.0 Å². The van der Waals surface area contributed by atoms with Crippen molar-refractivity contribution in [2.24, 2.45) is 5.73 Å². The molecule has 0 saturated carbocycles. The molecule has 0 fully saturated rings. The summed E-state index contributed by atoms with van der Waals surface area (Å²) in [4.78, 5) is 0. The summed E-state index contributed by atoms with van der Waals surface area (Å²) >= 11 is 0. The predicted molar refractivity (Wildman–Crippen MR) is 85.5 cm³/mol. The largest absolute Gasteiger partial charge is 0.573 e. The van der Waals surface area contributed by atoms with E-state index >= 15 is 0 Å². The van der Waals surface area contributed by atoms with E-state index in [0.717, 1.165) is 0 Å². The molecule has 0 radical (unpaired) electrons. The molecule has 0 unspecified atom stereocenters. The zero-order chi connectivity index (χ0) is 17.3. The second-order valence-electron chi connectivity index (χ2n) is 5.05. The molecule has 0 spiro atoms. The molecule has 2 N–H and O–H groups in total. The lowest BCUT2D eigenvalue weighted by Gasteiger charge is -2.16. The molecule has 0 aliphatic carbocycles. The van der Waals surface area contributed by atoms with Gasteiger partial charge in [-0.2, -0.15) is 0 Å². The van der Waals surface area contributed by atoms with E-state index in [2.05, 4.69) is 4.74 Å². The van der Waals surface area contributed by atoms with Crippen LogP contribution >= 0.6 is 12.4 Å². The van der Waals surface area contributed by atoms with Gasteiger partial charge in [0.15, 0.2) is 11.5 Å². The van der Waals surface area contributed by atoms with E-state index < -0.39 is 12.4 Å². The number of ether oxygens (including phenoxy) is 4. The molecule has 0 saturated heterocycles. The summed E-state index contributed by atoms with van der Waals surface area (Å²) in [5.74, 6) is 1.19. The van der Waals surface area contributed by atoms with Crippen LogP contribution in [0.3, 0.4) is 0 Å². The van der Waals surface area contributed by atoms with Crippen LogP contribution in [0.25, 0.3) is 0 Å². The molecule has 2 aromatic carbocycles. The minimum atomic E-state index is -4.73. The Morgan fingerprint density at radius 1 is 1.08 bits per heavy atom. The third-order valence-corrected chi connectivity index (χ3v) is 3.51. The Morgan fingerprint density at radius 3 is 2.36 bits per heavy atom. The molecule has 1 aliphatic heterocycles. The summed E-state index contributed by atoms with van der Waals surface area (Å²) in [7, 11) is 1.50. The quantitative estimate of drug-likeness (QED) is 0.878. The van der Waals surface area contributed by atoms with Gasteiger partial charge >= 0.3 is 6.36 Å². The lowest BCUT2D eigenvalue weighted by atomic mass is 9.99. The van der Waals surface area contributed by atoms with Crippen molar-refractivity contribution in [2.75, 3.05) is 13.9 Å². The molecule has 136 valence electrons. The van der Waals surface area contributed by atoms with E-state index in [9.17, 15) is 13.2 Å². The third kappa shape index (κ3) is 4.21. The first-order valence-corrected chi connectivity index (χ1v) is 6.96. The number of nitrogens with two attached hydrogens (primary N) is 1. The average molecular weight is 378 g/mol. The maximum absolute atomic E-state index is 12.2. The van der Waals surface area contributed by atoms with Crippen LogP contribution in [-0.4, -0.2) is 20.3 Å². The SMILES string of the molecule is COc1cc([C@@H](N)c2ccc(OC(F)(F)F)cc2)cc2c1OCO2.Cl. The van der Waals surface area contributed by atoms with Gasteiger partial charge in [-0.3, -0.25) is 0 Å². The normalized spacial score (nSPS) is 13.8. The monoisotopic (exact) mass is 377 g/mol. The molecule has 5 nitrogen and oxygen atoms in total. The topological polar surface area (TPSA) is 62.9 Å². The number of hydrogen-bond donors (Lipinski definition) is 1. The molecule has 1 atom stereocenters. The van der Waals surface area contributed by atoms with Gasteiger partial charge in [-0.15, -0.1) is 25.6 Å². The summed E-state index contributed by atoms with van der Waals surface area (Å²) in [5, 5.41) is 0. The van der Waals surface area contributed by atoms with Crippen molar-refractivity contribution in [3.8, 4) is 23.0 Å². The van der Waals surface area contributed by atoms with Gasteiger partial charge in [0.2, 0.25) is 12.5 Å². The molecule has 0 aromatic heterocycles.